The molecule has 0 aliphatic rings. The van der Waals surface area contributed by atoms with E-state index in [0.29, 0.717) is 22.1 Å². The maximum atomic E-state index is 12.5. The van der Waals surface area contributed by atoms with Gasteiger partial charge >= 0.3 is 6.18 Å². The van der Waals surface area contributed by atoms with Crippen molar-refractivity contribution in [2.45, 2.75) is 6.18 Å². The van der Waals surface area contributed by atoms with Gasteiger partial charge in [0.1, 0.15) is 0 Å². The molecule has 0 saturated carbocycles. The average Bonchev–Trinajstić information content (AvgIpc) is 2.47. The number of nitrogens with zero attached hydrogens (tertiary/aromatic N) is 1. The lowest BCUT2D eigenvalue weighted by Gasteiger charge is -2.09. The van der Waals surface area contributed by atoms with Gasteiger partial charge in [-0.25, -0.2) is 10.5 Å². The Hall–Kier alpha value is -2.05. The van der Waals surface area contributed by atoms with Crippen LogP contribution in [0, 0.1) is 0 Å². The molecule has 0 aliphatic carbocycles. The van der Waals surface area contributed by atoms with E-state index in [-0.39, 0.29) is 0 Å². The molecule has 0 aliphatic heterocycles. The third kappa shape index (κ3) is 4.22. The number of benzene rings is 2. The topological polar surface area (TPSA) is 33.6 Å². The third-order valence-corrected chi connectivity index (χ3v) is 3.00. The molecule has 0 atom stereocenters. The summed E-state index contributed by atoms with van der Waals surface area (Å²) >= 11 is 5.82. The Kier molecular flexibility index (Phi) is 5.05. The van der Waals surface area contributed by atoms with E-state index in [0.717, 1.165) is 12.1 Å². The lowest BCUT2D eigenvalue weighted by molar-refractivity contribution is -0.137. The Morgan fingerprint density at radius 1 is 1.05 bits per heavy atom. The van der Waals surface area contributed by atoms with Crippen LogP contribution in [0.25, 0.3) is 0 Å². The molecular formula is C15H12ClF3N2O. The van der Waals surface area contributed by atoms with Crippen molar-refractivity contribution >= 4 is 23.1 Å². The van der Waals surface area contributed by atoms with Crippen molar-refractivity contribution in [2.24, 2.45) is 4.99 Å². The van der Waals surface area contributed by atoms with Crippen molar-refractivity contribution in [3.63, 3.8) is 0 Å². The zero-order valence-corrected chi connectivity index (χ0v) is 12.2. The Labute approximate surface area is 130 Å². The van der Waals surface area contributed by atoms with E-state index in [1.165, 1.54) is 19.2 Å². The predicted octanol–water partition coefficient (Wildman–Crippen LogP) is 4.59. The molecule has 2 rings (SSSR count). The summed E-state index contributed by atoms with van der Waals surface area (Å²) in [6.07, 6.45) is -4.37. The largest absolute Gasteiger partial charge is 0.416 e. The number of nitrogens with one attached hydrogen (secondary N) is 1. The average molecular weight is 329 g/mol. The van der Waals surface area contributed by atoms with Gasteiger partial charge in [-0.1, -0.05) is 11.6 Å². The molecule has 0 bridgehead atoms. The minimum atomic E-state index is -4.37. The molecule has 3 nitrogen and oxygen atoms in total. The Morgan fingerprint density at radius 2 is 1.64 bits per heavy atom. The first-order valence-corrected chi connectivity index (χ1v) is 6.59. The van der Waals surface area contributed by atoms with Crippen molar-refractivity contribution in [2.75, 3.05) is 7.11 Å². The van der Waals surface area contributed by atoms with Crippen LogP contribution in [0.3, 0.4) is 0 Å². The van der Waals surface area contributed by atoms with Gasteiger partial charge in [-0.15, -0.1) is 0 Å². The van der Waals surface area contributed by atoms with Crippen molar-refractivity contribution in [1.29, 1.82) is 0 Å². The number of aliphatic imine (C=N–C) groups is 1. The predicted molar refractivity (Wildman–Crippen MR) is 79.2 cm³/mol. The second kappa shape index (κ2) is 6.81. The Bertz CT molecular complexity index is 652. The van der Waals surface area contributed by atoms with E-state index in [1.54, 1.807) is 24.3 Å². The number of alkyl halides is 3. The van der Waals surface area contributed by atoms with E-state index in [9.17, 15) is 13.2 Å². The fourth-order valence-electron chi connectivity index (χ4n) is 1.70. The van der Waals surface area contributed by atoms with Crippen molar-refractivity contribution in [3.8, 4) is 0 Å². The van der Waals surface area contributed by atoms with E-state index in [4.69, 9.17) is 16.4 Å². The first-order valence-electron chi connectivity index (χ1n) is 6.21. The second-order valence-corrected chi connectivity index (χ2v) is 4.75. The first-order chi connectivity index (χ1) is 10.4. The zero-order valence-electron chi connectivity index (χ0n) is 11.5. The molecule has 116 valence electrons. The van der Waals surface area contributed by atoms with Gasteiger partial charge in [-0.3, -0.25) is 4.84 Å². The molecule has 0 aromatic heterocycles. The van der Waals surface area contributed by atoms with Crippen LogP contribution in [-0.4, -0.2) is 12.9 Å². The summed E-state index contributed by atoms with van der Waals surface area (Å²) in [5.74, 6) is 0.360. The van der Waals surface area contributed by atoms with Crippen LogP contribution in [0.4, 0.5) is 18.9 Å². The molecule has 0 amide bonds. The van der Waals surface area contributed by atoms with Crippen LogP contribution in [0.2, 0.25) is 5.02 Å². The minimum absolute atomic E-state index is 0.360. The smallest absolute Gasteiger partial charge is 0.278 e. The van der Waals surface area contributed by atoms with Gasteiger partial charge in [0.2, 0.25) is 0 Å². The number of hydroxylamine groups is 1. The van der Waals surface area contributed by atoms with Crippen LogP contribution in [0.5, 0.6) is 0 Å². The molecule has 0 spiro atoms. The fourth-order valence-corrected chi connectivity index (χ4v) is 1.83. The van der Waals surface area contributed by atoms with Crippen LogP contribution in [0.15, 0.2) is 53.5 Å². The van der Waals surface area contributed by atoms with Gasteiger partial charge in [-0.05, 0) is 48.5 Å². The zero-order chi connectivity index (χ0) is 16.2. The molecule has 0 unspecified atom stereocenters. The molecule has 7 heteroatoms. The highest BCUT2D eigenvalue weighted by atomic mass is 35.5. The SMILES string of the molecule is CONC(=Nc1ccc(C(F)(F)F)cc1)c1ccc(Cl)cc1. The Balaban J connectivity index is 2.31. The molecule has 0 fully saturated rings. The van der Waals surface area contributed by atoms with E-state index < -0.39 is 11.7 Å². The molecule has 1 N–H and O–H groups in total. The maximum absolute atomic E-state index is 12.5. The van der Waals surface area contributed by atoms with E-state index >= 15 is 0 Å². The molecule has 0 radical (unpaired) electrons. The van der Waals surface area contributed by atoms with Crippen LogP contribution >= 0.6 is 11.6 Å². The van der Waals surface area contributed by atoms with Gasteiger partial charge in [-0.2, -0.15) is 13.2 Å². The lowest BCUT2D eigenvalue weighted by atomic mass is 10.2. The highest BCUT2D eigenvalue weighted by Gasteiger charge is 2.29. The molecule has 0 saturated heterocycles. The minimum Gasteiger partial charge on any atom is -0.278 e. The Morgan fingerprint density at radius 3 is 2.14 bits per heavy atom. The van der Waals surface area contributed by atoms with Crippen LogP contribution in [-0.2, 0) is 11.0 Å². The maximum Gasteiger partial charge on any atom is 0.416 e. The van der Waals surface area contributed by atoms with Gasteiger partial charge in [0.05, 0.1) is 18.4 Å². The van der Waals surface area contributed by atoms with Crippen LogP contribution < -0.4 is 5.48 Å². The fraction of sp³-hybridized carbons (Fsp3) is 0.133. The van der Waals surface area contributed by atoms with Gasteiger partial charge < -0.3 is 0 Å². The number of halogens is 4. The van der Waals surface area contributed by atoms with Crippen molar-refractivity contribution in [3.05, 3.63) is 64.7 Å². The molecular weight excluding hydrogens is 317 g/mol. The number of rotatable bonds is 3. The van der Waals surface area contributed by atoms with Crippen LogP contribution in [0.1, 0.15) is 11.1 Å². The molecule has 0 heterocycles. The third-order valence-electron chi connectivity index (χ3n) is 2.75. The lowest BCUT2D eigenvalue weighted by Crippen LogP contribution is -2.22. The summed E-state index contributed by atoms with van der Waals surface area (Å²) in [5, 5.41) is 0.565. The molecule has 2 aromatic carbocycles. The molecule has 22 heavy (non-hydrogen) atoms. The summed E-state index contributed by atoms with van der Waals surface area (Å²) in [7, 11) is 1.41. The highest BCUT2D eigenvalue weighted by molar-refractivity contribution is 6.30. The van der Waals surface area contributed by atoms with Crippen molar-refractivity contribution < 1.29 is 18.0 Å². The van der Waals surface area contributed by atoms with Crippen molar-refractivity contribution in [1.82, 2.24) is 5.48 Å². The second-order valence-electron chi connectivity index (χ2n) is 4.32. The van der Waals surface area contributed by atoms with E-state index in [1.807, 2.05) is 0 Å². The number of hydrogen-bond acceptors (Lipinski definition) is 2. The first kappa shape index (κ1) is 16.3. The molecule has 2 aromatic rings. The van der Waals surface area contributed by atoms with Gasteiger partial charge in [0.15, 0.2) is 5.84 Å². The normalized spacial score (nSPS) is 12.3. The monoisotopic (exact) mass is 328 g/mol. The number of hydrogen-bond donors (Lipinski definition) is 1. The summed E-state index contributed by atoms with van der Waals surface area (Å²) < 4.78 is 37.6. The highest BCUT2D eigenvalue weighted by Crippen LogP contribution is 2.30. The van der Waals surface area contributed by atoms with E-state index in [2.05, 4.69) is 10.5 Å². The van der Waals surface area contributed by atoms with Gasteiger partial charge in [0.25, 0.3) is 0 Å². The summed E-state index contributed by atoms with van der Waals surface area (Å²) in [6.45, 7) is 0. The number of amidine groups is 1. The summed E-state index contributed by atoms with van der Waals surface area (Å²) in [6, 6.07) is 11.3. The van der Waals surface area contributed by atoms with Gasteiger partial charge in [0, 0.05) is 10.6 Å². The summed E-state index contributed by atoms with van der Waals surface area (Å²) in [4.78, 5) is 9.09. The quantitative estimate of drug-likeness (QED) is 0.508. The standard InChI is InChI=1S/C15H12ClF3N2O/c1-22-21-14(10-2-6-12(16)7-3-10)20-13-8-4-11(5-9-13)15(17,18)19/h2-9H,1H3,(H,20,21). The summed E-state index contributed by atoms with van der Waals surface area (Å²) in [5.41, 5.74) is 2.92.